The van der Waals surface area contributed by atoms with Crippen molar-refractivity contribution >= 4 is 11.4 Å². The third kappa shape index (κ3) is 12.6. The van der Waals surface area contributed by atoms with Crippen LogP contribution in [-0.4, -0.2) is 4.70 Å². The van der Waals surface area contributed by atoms with Gasteiger partial charge in [0.1, 0.15) is 0 Å². The van der Waals surface area contributed by atoms with Crippen LogP contribution in [0, 0.1) is 0 Å². The molecular formula is C44H68N2. The van der Waals surface area contributed by atoms with Crippen LogP contribution in [-0.2, 0) is 12.8 Å². The molecular weight excluding hydrogens is 556 g/mol. The summed E-state index contributed by atoms with van der Waals surface area (Å²) in [6.07, 6.45) is 30.3. The molecule has 254 valence electrons. The Labute approximate surface area is 284 Å². The summed E-state index contributed by atoms with van der Waals surface area (Å²) in [5, 5.41) is 0. The SMILES string of the molecule is CCCCCCCCC1=C(c2ccc(CCCC)cc2)[N+](=[N-])C(c2ccc(CCCCCCCC)cc2)=C1CCCCCCCC. The van der Waals surface area contributed by atoms with E-state index in [1.807, 2.05) is 0 Å². The number of unbranched alkanes of at least 4 members (excludes halogenated alkanes) is 16. The van der Waals surface area contributed by atoms with Crippen molar-refractivity contribution in [2.75, 3.05) is 0 Å². The molecule has 1 aliphatic heterocycles. The minimum atomic E-state index is 1.03. The summed E-state index contributed by atoms with van der Waals surface area (Å²) in [5.41, 5.74) is 22.0. The molecule has 1 heterocycles. The lowest BCUT2D eigenvalue weighted by Crippen LogP contribution is -2.03. The summed E-state index contributed by atoms with van der Waals surface area (Å²) in [6, 6.07) is 18.3. The van der Waals surface area contributed by atoms with Crippen molar-refractivity contribution in [1.29, 1.82) is 0 Å². The largest absolute Gasteiger partial charge is 0.493 e. The monoisotopic (exact) mass is 625 g/mol. The molecule has 0 saturated carbocycles. The average Bonchev–Trinajstić information content (AvgIpc) is 3.35. The van der Waals surface area contributed by atoms with Crippen molar-refractivity contribution in [3.8, 4) is 0 Å². The van der Waals surface area contributed by atoms with Gasteiger partial charge in [0.15, 0.2) is 0 Å². The van der Waals surface area contributed by atoms with Gasteiger partial charge in [-0.3, -0.25) is 0 Å². The predicted octanol–water partition coefficient (Wildman–Crippen LogP) is 14.6. The Morgan fingerprint density at radius 2 is 0.674 bits per heavy atom. The first kappa shape index (κ1) is 38.0. The molecule has 0 unspecified atom stereocenters. The van der Waals surface area contributed by atoms with Crippen LogP contribution in [0.3, 0.4) is 0 Å². The van der Waals surface area contributed by atoms with Crippen LogP contribution in [0.25, 0.3) is 16.9 Å². The number of allylic oxidation sites excluding steroid dienone is 2. The summed E-state index contributed by atoms with van der Waals surface area (Å²) < 4.78 is 1.59. The maximum absolute atomic E-state index is 12.1. The Kier molecular flexibility index (Phi) is 18.9. The maximum atomic E-state index is 12.1. The minimum absolute atomic E-state index is 1.03. The first-order chi connectivity index (χ1) is 22.6. The summed E-state index contributed by atoms with van der Waals surface area (Å²) >= 11 is 0. The highest BCUT2D eigenvalue weighted by Crippen LogP contribution is 2.44. The molecule has 0 fully saturated rings. The maximum Gasteiger partial charge on any atom is 0.211 e. The molecule has 2 heteroatoms. The van der Waals surface area contributed by atoms with Gasteiger partial charge < -0.3 is 5.53 Å². The highest BCUT2D eigenvalue weighted by molar-refractivity contribution is 5.82. The van der Waals surface area contributed by atoms with Gasteiger partial charge in [-0.2, -0.15) is 0 Å². The molecule has 0 radical (unpaired) electrons. The second kappa shape index (κ2) is 22.9. The number of rotatable bonds is 26. The lowest BCUT2D eigenvalue weighted by Gasteiger charge is -2.11. The highest BCUT2D eigenvalue weighted by atomic mass is 15.2. The standard InChI is InChI=1S/C44H68N2/c1-5-9-13-16-19-22-26-38-31-35-40(36-32-38)44-42(28-24-21-18-15-11-7-3)41(27-23-20-17-14-10-6-2)43(46(44)45)39-33-29-37(30-34-39)25-12-8-4/h29-36H,5-28H2,1-4H3. The van der Waals surface area contributed by atoms with E-state index in [4.69, 9.17) is 0 Å². The zero-order valence-corrected chi connectivity index (χ0v) is 30.5. The van der Waals surface area contributed by atoms with E-state index in [-0.39, 0.29) is 0 Å². The van der Waals surface area contributed by atoms with Gasteiger partial charge in [0.2, 0.25) is 11.4 Å². The third-order valence-electron chi connectivity index (χ3n) is 10.0. The van der Waals surface area contributed by atoms with Gasteiger partial charge in [-0.25, -0.2) is 4.70 Å². The van der Waals surface area contributed by atoms with Crippen molar-refractivity contribution in [3.05, 3.63) is 87.5 Å². The second-order valence-electron chi connectivity index (χ2n) is 14.0. The molecule has 0 N–H and O–H groups in total. The van der Waals surface area contributed by atoms with Gasteiger partial charge in [0.25, 0.3) is 0 Å². The van der Waals surface area contributed by atoms with Crippen LogP contribution in [0.4, 0.5) is 0 Å². The molecule has 46 heavy (non-hydrogen) atoms. The molecule has 0 aromatic heterocycles. The Morgan fingerprint density at radius 1 is 0.370 bits per heavy atom. The molecule has 3 rings (SSSR count). The molecule has 2 aromatic carbocycles. The highest BCUT2D eigenvalue weighted by Gasteiger charge is 2.35. The summed E-state index contributed by atoms with van der Waals surface area (Å²) in [5.74, 6) is 0. The van der Waals surface area contributed by atoms with Crippen LogP contribution < -0.4 is 0 Å². The fourth-order valence-corrected chi connectivity index (χ4v) is 7.10. The lowest BCUT2D eigenvalue weighted by atomic mass is 9.91. The summed E-state index contributed by atoms with van der Waals surface area (Å²) in [6.45, 7) is 9.13. The quantitative estimate of drug-likeness (QED) is 0.0735. The number of aryl methyl sites for hydroxylation is 2. The normalized spacial score (nSPS) is 13.4. The van der Waals surface area contributed by atoms with Crippen molar-refractivity contribution in [2.45, 2.75) is 182 Å². The summed E-state index contributed by atoms with van der Waals surface area (Å²) in [7, 11) is 0. The smallest absolute Gasteiger partial charge is 0.211 e. The molecule has 0 bridgehead atoms. The van der Waals surface area contributed by atoms with Crippen LogP contribution in [0.15, 0.2) is 59.7 Å². The van der Waals surface area contributed by atoms with Crippen molar-refractivity contribution in [3.63, 3.8) is 0 Å². The van der Waals surface area contributed by atoms with Crippen molar-refractivity contribution < 1.29 is 4.70 Å². The molecule has 0 atom stereocenters. The lowest BCUT2D eigenvalue weighted by molar-refractivity contribution is -0.345. The van der Waals surface area contributed by atoms with Crippen LogP contribution >= 0.6 is 0 Å². The molecule has 0 aliphatic carbocycles. The molecule has 0 amide bonds. The van der Waals surface area contributed by atoms with Gasteiger partial charge >= 0.3 is 0 Å². The number of hydrogen-bond acceptors (Lipinski definition) is 0. The third-order valence-corrected chi connectivity index (χ3v) is 10.0. The Hall–Kier alpha value is -2.48. The first-order valence-corrected chi connectivity index (χ1v) is 19.8. The predicted molar refractivity (Wildman–Crippen MR) is 202 cm³/mol. The van der Waals surface area contributed by atoms with E-state index in [0.29, 0.717) is 0 Å². The van der Waals surface area contributed by atoms with E-state index in [1.54, 1.807) is 4.70 Å². The average molecular weight is 625 g/mol. The van der Waals surface area contributed by atoms with Crippen LogP contribution in [0.5, 0.6) is 0 Å². The van der Waals surface area contributed by atoms with Crippen molar-refractivity contribution in [1.82, 2.24) is 0 Å². The number of benzene rings is 2. The number of hydrogen-bond donors (Lipinski definition) is 0. The first-order valence-electron chi connectivity index (χ1n) is 19.8. The Bertz CT molecular complexity index is 1180. The Balaban J connectivity index is 1.88. The number of nitrogens with zero attached hydrogens (tertiary/aromatic N) is 2. The van der Waals surface area contributed by atoms with Gasteiger partial charge in [0, 0.05) is 22.3 Å². The zero-order valence-electron chi connectivity index (χ0n) is 30.5. The van der Waals surface area contributed by atoms with Gasteiger partial charge in [0.05, 0.1) is 0 Å². The summed E-state index contributed by atoms with van der Waals surface area (Å²) in [4.78, 5) is 0. The van der Waals surface area contributed by atoms with Crippen LogP contribution in [0.1, 0.15) is 191 Å². The van der Waals surface area contributed by atoms with E-state index < -0.39 is 0 Å². The van der Waals surface area contributed by atoms with E-state index in [2.05, 4.69) is 76.2 Å². The van der Waals surface area contributed by atoms with Gasteiger partial charge in [-0.15, -0.1) is 0 Å². The molecule has 0 spiro atoms. The fourth-order valence-electron chi connectivity index (χ4n) is 7.10. The van der Waals surface area contributed by atoms with E-state index >= 15 is 0 Å². The Morgan fingerprint density at radius 3 is 1.04 bits per heavy atom. The second-order valence-corrected chi connectivity index (χ2v) is 14.0. The van der Waals surface area contributed by atoms with Crippen molar-refractivity contribution in [2.24, 2.45) is 0 Å². The molecule has 1 aliphatic rings. The topological polar surface area (TPSA) is 25.3 Å². The minimum Gasteiger partial charge on any atom is -0.493 e. The van der Waals surface area contributed by atoms with Gasteiger partial charge in [-0.05, 0) is 86.8 Å². The van der Waals surface area contributed by atoms with Crippen LogP contribution in [0.2, 0.25) is 0 Å². The fraction of sp³-hybridized carbons (Fsp3) is 0.636. The zero-order chi connectivity index (χ0) is 32.8. The van der Waals surface area contributed by atoms with E-state index in [0.717, 1.165) is 48.2 Å². The van der Waals surface area contributed by atoms with E-state index in [9.17, 15) is 5.53 Å². The van der Waals surface area contributed by atoms with E-state index in [1.165, 1.54) is 151 Å². The molecule has 2 aromatic rings. The molecule has 2 nitrogen and oxygen atoms in total. The van der Waals surface area contributed by atoms with Gasteiger partial charge in [-0.1, -0.05) is 155 Å². The molecule has 0 saturated heterocycles.